The molecule has 1 aliphatic heterocycles. The molecule has 1 aromatic rings. The maximum absolute atomic E-state index is 3.83. The van der Waals surface area contributed by atoms with Gasteiger partial charge in [0, 0.05) is 31.2 Å². The highest BCUT2D eigenvalue weighted by Gasteiger charge is 2.21. The number of pyridine rings is 1. The second-order valence-corrected chi connectivity index (χ2v) is 3.46. The van der Waals surface area contributed by atoms with Gasteiger partial charge in [0.15, 0.2) is 5.69 Å². The summed E-state index contributed by atoms with van der Waals surface area (Å²) in [5.41, 5.74) is 1.46. The molecule has 0 amide bonds. The van der Waals surface area contributed by atoms with Crippen LogP contribution in [-0.4, -0.2) is 0 Å². The van der Waals surface area contributed by atoms with Gasteiger partial charge in [0.25, 0.3) is 0 Å². The molecule has 11 heavy (non-hydrogen) atoms. The van der Waals surface area contributed by atoms with Gasteiger partial charge in [-0.2, -0.15) is 4.57 Å². The summed E-state index contributed by atoms with van der Waals surface area (Å²) in [6.07, 6.45) is 6.35. The smallest absolute Gasteiger partial charge is 0.190 e. The summed E-state index contributed by atoms with van der Waals surface area (Å²) in [4.78, 5) is 0. The standard InChI is InChI=1S/C9H11NS/c1-11-9-6-2-4-8-5-3-7-10(8)9/h2,4,6H,1,3,5,7H2/q+1. The van der Waals surface area contributed by atoms with Crippen LogP contribution in [0.2, 0.25) is 0 Å². The molecule has 1 aliphatic rings. The highest BCUT2D eigenvalue weighted by molar-refractivity contribution is 8.00. The Labute approximate surface area is 71.4 Å². The number of rotatable bonds is 1. The predicted molar refractivity (Wildman–Crippen MR) is 46.2 cm³/mol. The molecule has 0 unspecified atom stereocenters. The molecule has 1 radical (unpaired) electrons. The van der Waals surface area contributed by atoms with E-state index >= 15 is 0 Å². The van der Waals surface area contributed by atoms with Gasteiger partial charge in [0.1, 0.15) is 6.54 Å². The third kappa shape index (κ3) is 1.16. The molecule has 0 bridgehead atoms. The quantitative estimate of drug-likeness (QED) is 0.453. The maximum Gasteiger partial charge on any atom is 0.240 e. The molecule has 2 heterocycles. The number of fused-ring (bicyclic) bond motifs is 1. The van der Waals surface area contributed by atoms with Crippen LogP contribution in [0.4, 0.5) is 0 Å². The van der Waals surface area contributed by atoms with Crippen LogP contribution in [0.25, 0.3) is 0 Å². The highest BCUT2D eigenvalue weighted by atomic mass is 32.2. The lowest BCUT2D eigenvalue weighted by molar-refractivity contribution is -0.726. The Balaban J connectivity index is 2.50. The number of hydrogen-bond acceptors (Lipinski definition) is 1. The van der Waals surface area contributed by atoms with Crippen molar-refractivity contribution in [3.63, 3.8) is 0 Å². The molecule has 0 aromatic carbocycles. The summed E-state index contributed by atoms with van der Waals surface area (Å²) in [5.74, 6) is 0. The second-order valence-electron chi connectivity index (χ2n) is 2.75. The fraction of sp³-hybridized carbons (Fsp3) is 0.333. The first-order valence-corrected chi connectivity index (χ1v) is 4.84. The summed E-state index contributed by atoms with van der Waals surface area (Å²) in [6, 6.07) is 6.45. The Bertz CT molecular complexity index is 270. The number of hydrogen-bond donors (Lipinski definition) is 0. The van der Waals surface area contributed by atoms with Gasteiger partial charge < -0.3 is 0 Å². The summed E-state index contributed by atoms with van der Waals surface area (Å²) in [7, 11) is 0. The third-order valence-corrected chi connectivity index (χ3v) is 2.75. The first kappa shape index (κ1) is 7.17. The van der Waals surface area contributed by atoms with Crippen molar-refractivity contribution in [3.8, 4) is 0 Å². The average Bonchev–Trinajstić information content (AvgIpc) is 2.50. The minimum absolute atomic E-state index is 1.17. The van der Waals surface area contributed by atoms with Crippen molar-refractivity contribution in [1.82, 2.24) is 0 Å². The largest absolute Gasteiger partial charge is 0.240 e. The van der Waals surface area contributed by atoms with Crippen molar-refractivity contribution in [2.75, 3.05) is 0 Å². The van der Waals surface area contributed by atoms with E-state index in [1.54, 1.807) is 11.8 Å². The molecule has 1 nitrogen and oxygen atoms in total. The lowest BCUT2D eigenvalue weighted by atomic mass is 10.3. The van der Waals surface area contributed by atoms with E-state index in [0.717, 1.165) is 0 Å². The zero-order chi connectivity index (χ0) is 7.68. The molecular formula is C9H11NS+. The van der Waals surface area contributed by atoms with Gasteiger partial charge in [-0.3, -0.25) is 0 Å². The Morgan fingerprint density at radius 2 is 2.36 bits per heavy atom. The Morgan fingerprint density at radius 1 is 1.45 bits per heavy atom. The molecule has 0 aliphatic carbocycles. The lowest BCUT2D eigenvalue weighted by Gasteiger charge is -1.96. The van der Waals surface area contributed by atoms with E-state index in [9.17, 15) is 0 Å². The van der Waals surface area contributed by atoms with E-state index in [0.29, 0.717) is 0 Å². The van der Waals surface area contributed by atoms with E-state index in [1.807, 2.05) is 0 Å². The van der Waals surface area contributed by atoms with Crippen molar-refractivity contribution < 1.29 is 4.57 Å². The van der Waals surface area contributed by atoms with Crippen LogP contribution < -0.4 is 4.57 Å². The van der Waals surface area contributed by atoms with E-state index in [1.165, 1.54) is 30.1 Å². The Hall–Kier alpha value is -0.500. The molecule has 57 valence electrons. The highest BCUT2D eigenvalue weighted by Crippen LogP contribution is 2.15. The molecule has 2 heteroatoms. The van der Waals surface area contributed by atoms with Crippen molar-refractivity contribution in [1.29, 1.82) is 0 Å². The number of nitrogens with zero attached hydrogens (tertiary/aromatic N) is 1. The van der Waals surface area contributed by atoms with Gasteiger partial charge in [0.05, 0.1) is 0 Å². The zero-order valence-electron chi connectivity index (χ0n) is 6.42. The normalized spacial score (nSPS) is 15.0. The minimum atomic E-state index is 1.17. The first-order chi connectivity index (χ1) is 5.42. The van der Waals surface area contributed by atoms with Crippen LogP contribution in [0, 0.1) is 6.26 Å². The van der Waals surface area contributed by atoms with Crippen LogP contribution in [0.3, 0.4) is 0 Å². The first-order valence-electron chi connectivity index (χ1n) is 3.85. The molecule has 0 spiro atoms. The fourth-order valence-corrected chi connectivity index (χ4v) is 2.12. The fourth-order valence-electron chi connectivity index (χ4n) is 1.58. The third-order valence-electron chi connectivity index (χ3n) is 2.10. The molecule has 0 saturated carbocycles. The van der Waals surface area contributed by atoms with Crippen LogP contribution in [0.1, 0.15) is 12.1 Å². The second kappa shape index (κ2) is 2.86. The summed E-state index contributed by atoms with van der Waals surface area (Å²) < 4.78 is 2.36. The van der Waals surface area contributed by atoms with Gasteiger partial charge in [0.2, 0.25) is 5.03 Å². The average molecular weight is 165 g/mol. The van der Waals surface area contributed by atoms with Crippen molar-refractivity contribution in [2.24, 2.45) is 0 Å². The van der Waals surface area contributed by atoms with Crippen LogP contribution in [0.15, 0.2) is 23.2 Å². The van der Waals surface area contributed by atoms with Crippen LogP contribution >= 0.6 is 11.8 Å². The Kier molecular flexibility index (Phi) is 1.86. The van der Waals surface area contributed by atoms with Gasteiger partial charge in [-0.15, -0.1) is 0 Å². The molecule has 2 rings (SSSR count). The molecule has 1 aromatic heterocycles. The molecular weight excluding hydrogens is 154 g/mol. The molecule has 0 N–H and O–H groups in total. The van der Waals surface area contributed by atoms with Gasteiger partial charge in [-0.05, 0) is 6.07 Å². The Morgan fingerprint density at radius 3 is 3.18 bits per heavy atom. The van der Waals surface area contributed by atoms with Crippen molar-refractivity contribution in [2.45, 2.75) is 24.4 Å². The number of aryl methyl sites for hydroxylation is 1. The van der Waals surface area contributed by atoms with Crippen molar-refractivity contribution >= 4 is 11.8 Å². The predicted octanol–water partition coefficient (Wildman–Crippen LogP) is 1.80. The SMILES string of the molecule is [CH2]Sc1cccc2[n+]1CCC2. The molecule has 0 atom stereocenters. The van der Waals surface area contributed by atoms with E-state index in [-0.39, 0.29) is 0 Å². The van der Waals surface area contributed by atoms with Crippen LogP contribution in [-0.2, 0) is 13.0 Å². The van der Waals surface area contributed by atoms with E-state index in [2.05, 4.69) is 29.0 Å². The van der Waals surface area contributed by atoms with Crippen molar-refractivity contribution in [3.05, 3.63) is 30.1 Å². The van der Waals surface area contributed by atoms with E-state index in [4.69, 9.17) is 0 Å². The number of aromatic nitrogens is 1. The monoisotopic (exact) mass is 165 g/mol. The lowest BCUT2D eigenvalue weighted by Crippen LogP contribution is -2.35. The van der Waals surface area contributed by atoms with E-state index < -0.39 is 0 Å². The zero-order valence-corrected chi connectivity index (χ0v) is 7.23. The molecule has 0 saturated heterocycles. The topological polar surface area (TPSA) is 3.88 Å². The summed E-state index contributed by atoms with van der Waals surface area (Å²) in [6.45, 7) is 1.17. The minimum Gasteiger partial charge on any atom is -0.190 e. The summed E-state index contributed by atoms with van der Waals surface area (Å²) >= 11 is 1.59. The van der Waals surface area contributed by atoms with Gasteiger partial charge in [-0.25, -0.2) is 0 Å². The van der Waals surface area contributed by atoms with Gasteiger partial charge in [-0.1, -0.05) is 11.8 Å². The summed E-state index contributed by atoms with van der Waals surface area (Å²) in [5, 5.41) is 1.29. The van der Waals surface area contributed by atoms with Gasteiger partial charge >= 0.3 is 0 Å². The maximum atomic E-state index is 3.83. The number of thioether (sulfide) groups is 1. The molecule has 0 fully saturated rings. The van der Waals surface area contributed by atoms with Crippen LogP contribution in [0.5, 0.6) is 0 Å².